The quantitative estimate of drug-likeness (QED) is 0.339. The molecule has 4 rings (SSSR count). The van der Waals surface area contributed by atoms with E-state index in [1.807, 2.05) is 6.92 Å². The van der Waals surface area contributed by atoms with Crippen LogP contribution in [0.3, 0.4) is 0 Å². The molecule has 3 atom stereocenters. The summed E-state index contributed by atoms with van der Waals surface area (Å²) in [5.41, 5.74) is 3.36. The van der Waals surface area contributed by atoms with E-state index in [0.29, 0.717) is 35.5 Å². The molecule has 0 spiro atoms. The number of halogens is 2. The molecule has 0 radical (unpaired) electrons. The topological polar surface area (TPSA) is 77.5 Å². The number of benzene rings is 1. The largest absolute Gasteiger partial charge is 0.364 e. The first-order valence-electron chi connectivity index (χ1n) is 12.3. The van der Waals surface area contributed by atoms with Crippen molar-refractivity contribution in [3.05, 3.63) is 93.6 Å². The Hall–Kier alpha value is -4.16. The van der Waals surface area contributed by atoms with Crippen LogP contribution in [0.15, 0.2) is 75.9 Å². The number of hydrogen-bond acceptors (Lipinski definition) is 6. The van der Waals surface area contributed by atoms with Crippen molar-refractivity contribution in [3.8, 4) is 6.07 Å². The maximum Gasteiger partial charge on any atom is 0.252 e. The lowest BCUT2D eigenvalue weighted by Gasteiger charge is -2.48. The second kappa shape index (κ2) is 11.1. The summed E-state index contributed by atoms with van der Waals surface area (Å²) in [4.78, 5) is 25.9. The number of aliphatic imine (C=N–C) groups is 1. The fourth-order valence-electron chi connectivity index (χ4n) is 5.05. The first-order chi connectivity index (χ1) is 18.1. The molecule has 1 aromatic carbocycles. The van der Waals surface area contributed by atoms with Gasteiger partial charge in [0.25, 0.3) is 5.56 Å². The van der Waals surface area contributed by atoms with Crippen molar-refractivity contribution in [1.29, 1.82) is 5.26 Å². The lowest BCUT2D eigenvalue weighted by molar-refractivity contribution is 0.127. The number of rotatable bonds is 6. The molecule has 1 aliphatic rings. The Labute approximate surface area is 220 Å². The van der Waals surface area contributed by atoms with Crippen molar-refractivity contribution in [2.75, 3.05) is 18.0 Å². The van der Waals surface area contributed by atoms with E-state index in [4.69, 9.17) is 0 Å². The molecule has 9 heteroatoms. The summed E-state index contributed by atoms with van der Waals surface area (Å²) < 4.78 is 28.9. The average Bonchev–Trinajstić information content (AvgIpc) is 2.90. The number of piperazine rings is 1. The van der Waals surface area contributed by atoms with Crippen LogP contribution in [-0.4, -0.2) is 46.3 Å². The second-order valence-electron chi connectivity index (χ2n) is 9.61. The van der Waals surface area contributed by atoms with Crippen LogP contribution in [-0.2, 0) is 7.05 Å². The van der Waals surface area contributed by atoms with Crippen LogP contribution in [0.5, 0.6) is 0 Å². The summed E-state index contributed by atoms with van der Waals surface area (Å²) in [5, 5.41) is 9.42. The van der Waals surface area contributed by atoms with Gasteiger partial charge in [0.2, 0.25) is 0 Å². The van der Waals surface area contributed by atoms with E-state index < -0.39 is 6.04 Å². The summed E-state index contributed by atoms with van der Waals surface area (Å²) in [6, 6.07) is 12.7. The third kappa shape index (κ3) is 5.27. The number of pyridine rings is 2. The number of aromatic nitrogens is 2. The van der Waals surface area contributed by atoms with Crippen LogP contribution >= 0.6 is 0 Å². The van der Waals surface area contributed by atoms with E-state index >= 15 is 0 Å². The predicted octanol–water partition coefficient (Wildman–Crippen LogP) is 5.04. The molecule has 0 bridgehead atoms. The molecule has 0 N–H and O–H groups in total. The normalized spacial score (nSPS) is 19.9. The lowest BCUT2D eigenvalue weighted by atomic mass is 9.96. The summed E-state index contributed by atoms with van der Waals surface area (Å²) in [6.45, 7) is 10.3. The molecule has 1 unspecified atom stereocenters. The number of aryl methyl sites for hydroxylation is 1. The zero-order valence-electron chi connectivity index (χ0n) is 21.9. The van der Waals surface area contributed by atoms with Crippen molar-refractivity contribution < 1.29 is 8.78 Å². The minimum atomic E-state index is -0.396. The van der Waals surface area contributed by atoms with Gasteiger partial charge in [-0.05, 0) is 69.5 Å². The molecule has 0 aliphatic carbocycles. The Morgan fingerprint density at radius 2 is 1.89 bits per heavy atom. The van der Waals surface area contributed by atoms with Crippen LogP contribution in [0, 0.1) is 17.1 Å². The van der Waals surface area contributed by atoms with E-state index in [9.17, 15) is 18.8 Å². The third-order valence-electron chi connectivity index (χ3n) is 6.99. The van der Waals surface area contributed by atoms with Crippen molar-refractivity contribution in [2.45, 2.75) is 38.9 Å². The van der Waals surface area contributed by atoms with Gasteiger partial charge in [-0.3, -0.25) is 14.7 Å². The highest BCUT2D eigenvalue weighted by molar-refractivity contribution is 5.89. The highest BCUT2D eigenvalue weighted by Crippen LogP contribution is 2.36. The summed E-state index contributed by atoms with van der Waals surface area (Å²) >= 11 is 0. The molecule has 1 fully saturated rings. The first kappa shape index (κ1) is 26.9. The van der Waals surface area contributed by atoms with Crippen LogP contribution in [0.2, 0.25) is 0 Å². The molecule has 0 saturated carbocycles. The fourth-order valence-corrected chi connectivity index (χ4v) is 5.05. The highest BCUT2D eigenvalue weighted by atomic mass is 19.1. The SMILES string of the molecule is C=N/C(=C\C=C(/C)F)C(c1ccc(F)cc1)N1C[C@H](C)N(c2cc(=O)n(C)c3ccc(C#N)nc23)C[C@H]1C. The van der Waals surface area contributed by atoms with Crippen LogP contribution in [0.25, 0.3) is 11.0 Å². The highest BCUT2D eigenvalue weighted by Gasteiger charge is 2.36. The predicted molar refractivity (Wildman–Crippen MR) is 146 cm³/mol. The lowest BCUT2D eigenvalue weighted by Crippen LogP contribution is -2.57. The van der Waals surface area contributed by atoms with E-state index in [2.05, 4.69) is 39.5 Å². The number of allylic oxidation sites excluding steroid dienone is 3. The van der Waals surface area contributed by atoms with Gasteiger partial charge in [0, 0.05) is 38.3 Å². The Morgan fingerprint density at radius 1 is 1.18 bits per heavy atom. The zero-order valence-corrected chi connectivity index (χ0v) is 21.9. The monoisotopic (exact) mass is 516 g/mol. The number of hydrogen-bond donors (Lipinski definition) is 0. The van der Waals surface area contributed by atoms with Gasteiger partial charge in [0.05, 0.1) is 28.8 Å². The Morgan fingerprint density at radius 3 is 2.53 bits per heavy atom. The van der Waals surface area contributed by atoms with Gasteiger partial charge in [0.15, 0.2) is 0 Å². The van der Waals surface area contributed by atoms with Gasteiger partial charge in [0.1, 0.15) is 23.1 Å². The Bertz CT molecular complexity index is 1520. The van der Waals surface area contributed by atoms with Gasteiger partial charge >= 0.3 is 0 Å². The maximum atomic E-state index is 13.8. The molecule has 3 heterocycles. The Kier molecular flexibility index (Phi) is 7.83. The molecule has 1 aliphatic heterocycles. The summed E-state index contributed by atoms with van der Waals surface area (Å²) in [5.74, 6) is -0.714. The minimum Gasteiger partial charge on any atom is -0.364 e. The Balaban J connectivity index is 1.78. The van der Waals surface area contributed by atoms with Crippen molar-refractivity contribution in [2.24, 2.45) is 12.0 Å². The standard InChI is InChI=1S/C29H30F2N6O/c1-18(30)6-12-24(33-4)29(21-7-9-22(31)10-8-21)37-17-19(2)36(16-20(37)3)26-14-27(38)35(5)25-13-11-23(15-32)34-28(25)26/h6-14,19-20,29H,4,16-17H2,1-3,5H3/b18-6+,24-12-/t19-,20+,29?/m0/s1. The number of fused-ring (bicyclic) bond motifs is 1. The molecular weight excluding hydrogens is 486 g/mol. The van der Waals surface area contributed by atoms with Crippen LogP contribution in [0.4, 0.5) is 14.5 Å². The first-order valence-corrected chi connectivity index (χ1v) is 12.3. The van der Waals surface area contributed by atoms with Crippen LogP contribution < -0.4 is 10.5 Å². The van der Waals surface area contributed by atoms with Crippen molar-refractivity contribution >= 4 is 23.4 Å². The maximum absolute atomic E-state index is 13.8. The number of anilines is 1. The average molecular weight is 517 g/mol. The van der Waals surface area contributed by atoms with E-state index in [1.165, 1.54) is 29.7 Å². The third-order valence-corrected chi connectivity index (χ3v) is 6.99. The van der Waals surface area contributed by atoms with Gasteiger partial charge in [-0.25, -0.2) is 13.8 Å². The van der Waals surface area contributed by atoms with Gasteiger partial charge in [-0.15, -0.1) is 0 Å². The zero-order chi connectivity index (χ0) is 27.6. The van der Waals surface area contributed by atoms with Gasteiger partial charge in [-0.1, -0.05) is 12.1 Å². The van der Waals surface area contributed by atoms with Crippen molar-refractivity contribution in [3.63, 3.8) is 0 Å². The van der Waals surface area contributed by atoms with Crippen LogP contribution in [0.1, 0.15) is 38.1 Å². The molecule has 0 amide bonds. The molecule has 2 aromatic heterocycles. The smallest absolute Gasteiger partial charge is 0.252 e. The molecule has 3 aromatic rings. The van der Waals surface area contributed by atoms with E-state index in [1.54, 1.807) is 43.5 Å². The minimum absolute atomic E-state index is 0.0555. The van der Waals surface area contributed by atoms with Gasteiger partial charge < -0.3 is 9.47 Å². The molecular formula is C29H30F2N6O. The van der Waals surface area contributed by atoms with E-state index in [0.717, 1.165) is 5.56 Å². The molecule has 1 saturated heterocycles. The molecule has 7 nitrogen and oxygen atoms in total. The summed E-state index contributed by atoms with van der Waals surface area (Å²) in [7, 11) is 1.68. The molecule has 196 valence electrons. The van der Waals surface area contributed by atoms with Gasteiger partial charge in [-0.2, -0.15) is 5.26 Å². The number of nitrogens with zero attached hydrogens (tertiary/aromatic N) is 6. The van der Waals surface area contributed by atoms with Crippen molar-refractivity contribution in [1.82, 2.24) is 14.5 Å². The van der Waals surface area contributed by atoms with E-state index in [-0.39, 0.29) is 35.0 Å². The second-order valence-corrected chi connectivity index (χ2v) is 9.61. The fraction of sp³-hybridized carbons (Fsp3) is 0.310. The number of nitriles is 1. The molecule has 38 heavy (non-hydrogen) atoms. The summed E-state index contributed by atoms with van der Waals surface area (Å²) in [6.07, 6.45) is 2.94.